The first kappa shape index (κ1) is 11.8. The zero-order valence-corrected chi connectivity index (χ0v) is 10.2. The number of rotatable bonds is 3. The highest BCUT2D eigenvalue weighted by Gasteiger charge is 2.19. The van der Waals surface area contributed by atoms with Crippen molar-refractivity contribution in [2.75, 3.05) is 18.4 Å². The van der Waals surface area contributed by atoms with Crippen molar-refractivity contribution in [3.8, 4) is 0 Å². The van der Waals surface area contributed by atoms with Gasteiger partial charge in [0, 0.05) is 6.07 Å². The van der Waals surface area contributed by atoms with Crippen molar-refractivity contribution in [2.24, 2.45) is 0 Å². The topological polar surface area (TPSA) is 97.9 Å². The highest BCUT2D eigenvalue weighted by Crippen LogP contribution is 2.17. The van der Waals surface area contributed by atoms with Gasteiger partial charge in [0.25, 0.3) is 5.91 Å². The number of carbonyl (C=O) groups is 1. The summed E-state index contributed by atoms with van der Waals surface area (Å²) in [6, 6.07) is 1.87. The van der Waals surface area contributed by atoms with Crippen molar-refractivity contribution in [2.45, 2.75) is 18.9 Å². The van der Waals surface area contributed by atoms with E-state index in [1.807, 2.05) is 0 Å². The molecule has 1 saturated heterocycles. The van der Waals surface area contributed by atoms with Crippen molar-refractivity contribution in [1.82, 2.24) is 25.5 Å². The molecular weight excluding hydrogens is 248 g/mol. The lowest BCUT2D eigenvalue weighted by atomic mass is 10.1. The van der Waals surface area contributed by atoms with E-state index >= 15 is 0 Å². The highest BCUT2D eigenvalue weighted by molar-refractivity contribution is 6.01. The van der Waals surface area contributed by atoms with Crippen LogP contribution in [0.1, 0.15) is 29.4 Å². The molecule has 2 aromatic heterocycles. The van der Waals surface area contributed by atoms with Crippen LogP contribution in [0, 0.1) is 0 Å². The number of nitrogens with one attached hydrogen (secondary N) is 2. The normalized spacial score (nSPS) is 16.4. The summed E-state index contributed by atoms with van der Waals surface area (Å²) in [6.07, 6.45) is 5.05. The van der Waals surface area contributed by atoms with Gasteiger partial charge in [-0.05, 0) is 25.9 Å². The summed E-state index contributed by atoms with van der Waals surface area (Å²) in [7, 11) is 0. The van der Waals surface area contributed by atoms with Crippen LogP contribution in [0.15, 0.2) is 23.0 Å². The Hall–Kier alpha value is -2.22. The minimum Gasteiger partial charge on any atom is -0.363 e. The summed E-state index contributed by atoms with van der Waals surface area (Å²) in [5, 5.41) is 17.4. The van der Waals surface area contributed by atoms with Crippen molar-refractivity contribution in [3.63, 3.8) is 0 Å². The molecule has 3 rings (SSSR count). The summed E-state index contributed by atoms with van der Waals surface area (Å²) in [5.41, 5.74) is 0.279. The molecule has 1 fully saturated rings. The molecule has 0 aromatic carbocycles. The summed E-state index contributed by atoms with van der Waals surface area (Å²) >= 11 is 0. The Balaban J connectivity index is 1.68. The number of hydrogen-bond donors (Lipinski definition) is 2. The van der Waals surface area contributed by atoms with E-state index in [1.54, 1.807) is 16.9 Å². The number of hydrogen-bond acceptors (Lipinski definition) is 6. The molecular formula is C11H14N6O2. The van der Waals surface area contributed by atoms with Crippen molar-refractivity contribution < 1.29 is 9.32 Å². The van der Waals surface area contributed by atoms with Crippen LogP contribution in [-0.4, -0.2) is 39.1 Å². The lowest BCUT2D eigenvalue weighted by molar-refractivity contribution is 0.102. The van der Waals surface area contributed by atoms with E-state index in [9.17, 15) is 4.79 Å². The molecule has 3 heterocycles. The predicted octanol–water partition coefficient (Wildman–Crippen LogP) is 0.443. The van der Waals surface area contributed by atoms with E-state index < -0.39 is 0 Å². The Kier molecular flexibility index (Phi) is 3.23. The molecule has 0 spiro atoms. The van der Waals surface area contributed by atoms with Gasteiger partial charge in [-0.1, -0.05) is 10.4 Å². The van der Waals surface area contributed by atoms with Crippen LogP contribution < -0.4 is 10.6 Å². The maximum atomic E-state index is 11.9. The fourth-order valence-electron chi connectivity index (χ4n) is 2.09. The summed E-state index contributed by atoms with van der Waals surface area (Å²) in [6.45, 7) is 1.93. The van der Waals surface area contributed by atoms with Crippen LogP contribution in [0.4, 0.5) is 5.82 Å². The smallest absolute Gasteiger partial charge is 0.279 e. The van der Waals surface area contributed by atoms with Gasteiger partial charge in [-0.3, -0.25) is 4.79 Å². The summed E-state index contributed by atoms with van der Waals surface area (Å²) in [4.78, 5) is 11.9. The Morgan fingerprint density at radius 2 is 2.32 bits per heavy atom. The second-order valence-electron chi connectivity index (χ2n) is 4.40. The molecule has 8 nitrogen and oxygen atoms in total. The number of aromatic nitrogens is 4. The summed E-state index contributed by atoms with van der Waals surface area (Å²) in [5.74, 6) is 0.0236. The minimum atomic E-state index is -0.339. The first-order chi connectivity index (χ1) is 9.33. The quantitative estimate of drug-likeness (QED) is 0.833. The second kappa shape index (κ2) is 5.19. The molecule has 1 amide bonds. The molecule has 0 bridgehead atoms. The van der Waals surface area contributed by atoms with E-state index in [1.165, 1.54) is 6.26 Å². The molecule has 0 saturated carbocycles. The van der Waals surface area contributed by atoms with E-state index in [0.29, 0.717) is 11.9 Å². The molecule has 0 radical (unpaired) electrons. The number of piperidine rings is 1. The average molecular weight is 262 g/mol. The Morgan fingerprint density at radius 3 is 3.05 bits per heavy atom. The van der Waals surface area contributed by atoms with Gasteiger partial charge in [-0.25, -0.2) is 4.68 Å². The number of anilines is 1. The molecule has 8 heteroatoms. The third-order valence-electron chi connectivity index (χ3n) is 3.11. The summed E-state index contributed by atoms with van der Waals surface area (Å²) < 4.78 is 6.40. The van der Waals surface area contributed by atoms with Gasteiger partial charge >= 0.3 is 0 Å². The maximum Gasteiger partial charge on any atom is 0.279 e. The Morgan fingerprint density at radius 1 is 1.47 bits per heavy atom. The average Bonchev–Trinajstić information content (AvgIpc) is 3.10. The molecule has 19 heavy (non-hydrogen) atoms. The van der Waals surface area contributed by atoms with E-state index in [0.717, 1.165) is 25.9 Å². The van der Waals surface area contributed by atoms with Gasteiger partial charge in [0.05, 0.1) is 12.2 Å². The zero-order chi connectivity index (χ0) is 13.1. The van der Waals surface area contributed by atoms with Crippen LogP contribution in [0.2, 0.25) is 0 Å². The van der Waals surface area contributed by atoms with E-state index in [4.69, 9.17) is 0 Å². The third-order valence-corrected chi connectivity index (χ3v) is 3.11. The van der Waals surface area contributed by atoms with Gasteiger partial charge in [0.2, 0.25) is 0 Å². The van der Waals surface area contributed by atoms with E-state index in [-0.39, 0.29) is 11.6 Å². The Labute approximate surface area is 109 Å². The number of amides is 1. The van der Waals surface area contributed by atoms with E-state index in [2.05, 4.69) is 30.6 Å². The van der Waals surface area contributed by atoms with Gasteiger partial charge in [0.1, 0.15) is 6.26 Å². The maximum absolute atomic E-state index is 11.9. The molecule has 0 unspecified atom stereocenters. The van der Waals surface area contributed by atoms with Crippen LogP contribution in [-0.2, 0) is 0 Å². The van der Waals surface area contributed by atoms with Crippen LogP contribution in [0.3, 0.4) is 0 Å². The molecule has 1 aliphatic heterocycles. The first-order valence-corrected chi connectivity index (χ1v) is 6.17. The largest absolute Gasteiger partial charge is 0.363 e. The standard InChI is InChI=1S/C11H14N6O2/c18-11(13-10-3-6-19-15-10)9-7-17(16-14-9)8-1-4-12-5-2-8/h3,6-8,12H,1-2,4-5H2,(H,13,15,18). The van der Waals surface area contributed by atoms with Gasteiger partial charge in [-0.2, -0.15) is 0 Å². The van der Waals surface area contributed by atoms with Gasteiger partial charge in [-0.15, -0.1) is 5.10 Å². The lowest BCUT2D eigenvalue weighted by Crippen LogP contribution is -2.29. The van der Waals surface area contributed by atoms with Crippen molar-refractivity contribution in [3.05, 3.63) is 24.2 Å². The lowest BCUT2D eigenvalue weighted by Gasteiger charge is -2.21. The Bertz CT molecular complexity index is 543. The van der Waals surface area contributed by atoms with Crippen LogP contribution in [0.5, 0.6) is 0 Å². The molecule has 1 aliphatic rings. The molecule has 100 valence electrons. The SMILES string of the molecule is O=C(Nc1ccon1)c1cn(C2CCNCC2)nn1. The zero-order valence-electron chi connectivity index (χ0n) is 10.2. The number of nitrogens with zero attached hydrogens (tertiary/aromatic N) is 4. The molecule has 2 aromatic rings. The monoisotopic (exact) mass is 262 g/mol. The van der Waals surface area contributed by atoms with Gasteiger partial charge < -0.3 is 15.2 Å². The third kappa shape index (κ3) is 2.63. The van der Waals surface area contributed by atoms with Gasteiger partial charge in [0.15, 0.2) is 11.5 Å². The molecule has 2 N–H and O–H groups in total. The van der Waals surface area contributed by atoms with Crippen LogP contribution >= 0.6 is 0 Å². The predicted molar refractivity (Wildman–Crippen MR) is 65.6 cm³/mol. The fraction of sp³-hybridized carbons (Fsp3) is 0.455. The molecule has 0 aliphatic carbocycles. The fourth-order valence-corrected chi connectivity index (χ4v) is 2.09. The second-order valence-corrected chi connectivity index (χ2v) is 4.40. The minimum absolute atomic E-state index is 0.279. The highest BCUT2D eigenvalue weighted by atomic mass is 16.5. The first-order valence-electron chi connectivity index (χ1n) is 6.17. The number of carbonyl (C=O) groups excluding carboxylic acids is 1. The van der Waals surface area contributed by atoms with Crippen molar-refractivity contribution >= 4 is 11.7 Å². The van der Waals surface area contributed by atoms with Crippen LogP contribution in [0.25, 0.3) is 0 Å². The van der Waals surface area contributed by atoms with Crippen molar-refractivity contribution in [1.29, 1.82) is 0 Å². The molecule has 0 atom stereocenters.